The number of aromatic nitrogens is 3. The molecule has 29 heavy (non-hydrogen) atoms. The molecule has 152 valence electrons. The van der Waals surface area contributed by atoms with Crippen molar-refractivity contribution in [2.75, 3.05) is 0 Å². The summed E-state index contributed by atoms with van der Waals surface area (Å²) in [5.41, 5.74) is -0.428. The number of thiophene rings is 1. The normalized spacial score (nSPS) is 24.2. The molecule has 0 amide bonds. The fraction of sp³-hybridized carbons (Fsp3) is 0.476. The van der Waals surface area contributed by atoms with Gasteiger partial charge in [-0.25, -0.2) is 0 Å². The van der Waals surface area contributed by atoms with Crippen molar-refractivity contribution in [3.8, 4) is 16.5 Å². The maximum atomic E-state index is 11.7. The minimum Gasteiger partial charge on any atom is -0.502 e. The molecule has 3 aromatic rings. The lowest BCUT2D eigenvalue weighted by molar-refractivity contribution is 0.235. The van der Waals surface area contributed by atoms with Gasteiger partial charge in [-0.1, -0.05) is 24.2 Å². The van der Waals surface area contributed by atoms with E-state index in [0.29, 0.717) is 23.5 Å². The van der Waals surface area contributed by atoms with E-state index in [9.17, 15) is 9.90 Å². The van der Waals surface area contributed by atoms with Crippen LogP contribution >= 0.6 is 23.1 Å². The molecule has 0 saturated heterocycles. The SMILES string of the molecule is CC(C1CC2CCC1C2)n1c(SCc2cc(=O)c(O)co2)nnc1-c1cccs1. The van der Waals surface area contributed by atoms with Crippen LogP contribution in [0.25, 0.3) is 10.7 Å². The maximum Gasteiger partial charge on any atom is 0.226 e. The molecule has 2 bridgehead atoms. The summed E-state index contributed by atoms with van der Waals surface area (Å²) in [6, 6.07) is 5.79. The lowest BCUT2D eigenvalue weighted by Crippen LogP contribution is -2.23. The molecule has 3 heterocycles. The van der Waals surface area contributed by atoms with Gasteiger partial charge in [0.25, 0.3) is 0 Å². The lowest BCUT2D eigenvalue weighted by Gasteiger charge is -2.30. The molecule has 4 unspecified atom stereocenters. The molecule has 6 nitrogen and oxygen atoms in total. The van der Waals surface area contributed by atoms with Gasteiger partial charge in [-0.05, 0) is 55.4 Å². The molecule has 0 aromatic carbocycles. The van der Waals surface area contributed by atoms with Crippen LogP contribution in [0.2, 0.25) is 0 Å². The number of hydrogen-bond acceptors (Lipinski definition) is 7. The Balaban J connectivity index is 1.45. The van der Waals surface area contributed by atoms with Crippen molar-refractivity contribution in [3.05, 3.63) is 45.8 Å². The highest BCUT2D eigenvalue weighted by molar-refractivity contribution is 7.98. The van der Waals surface area contributed by atoms with Gasteiger partial charge in [0.05, 0.1) is 10.6 Å². The molecule has 2 saturated carbocycles. The second kappa shape index (κ2) is 7.65. The van der Waals surface area contributed by atoms with Crippen LogP contribution in [0, 0.1) is 17.8 Å². The third kappa shape index (κ3) is 3.53. The highest BCUT2D eigenvalue weighted by atomic mass is 32.2. The Hall–Kier alpha value is -2.06. The summed E-state index contributed by atoms with van der Waals surface area (Å²) in [5.74, 6) is 3.88. The van der Waals surface area contributed by atoms with E-state index in [2.05, 4.69) is 33.1 Å². The van der Waals surface area contributed by atoms with E-state index in [1.54, 1.807) is 11.3 Å². The molecular weight excluding hydrogens is 406 g/mol. The second-order valence-electron chi connectivity index (χ2n) is 8.12. The molecule has 0 spiro atoms. The first kappa shape index (κ1) is 18.9. The molecule has 0 radical (unpaired) electrons. The smallest absolute Gasteiger partial charge is 0.226 e. The molecule has 5 rings (SSSR count). The average Bonchev–Trinajstić information content (AvgIpc) is 3.51. The third-order valence-electron chi connectivity index (χ3n) is 6.44. The maximum absolute atomic E-state index is 11.7. The first-order valence-electron chi connectivity index (χ1n) is 10.0. The van der Waals surface area contributed by atoms with Crippen LogP contribution in [0.1, 0.15) is 44.4 Å². The van der Waals surface area contributed by atoms with Gasteiger partial charge in [0.2, 0.25) is 5.43 Å². The van der Waals surface area contributed by atoms with E-state index < -0.39 is 5.43 Å². The summed E-state index contributed by atoms with van der Waals surface area (Å²) < 4.78 is 7.65. The van der Waals surface area contributed by atoms with Gasteiger partial charge in [0.15, 0.2) is 16.7 Å². The number of rotatable bonds is 6. The molecule has 3 aromatic heterocycles. The van der Waals surface area contributed by atoms with Crippen molar-refractivity contribution in [2.45, 2.75) is 49.6 Å². The standard InChI is InChI=1S/C21H23N3O3S2/c1-12(16-8-13-4-5-14(16)7-13)24-20(19-3-2-6-28-19)22-23-21(24)29-11-15-9-17(25)18(26)10-27-15/h2-3,6,9-10,12-14,16,26H,4-5,7-8,11H2,1H3. The molecule has 2 aliphatic rings. The van der Waals surface area contributed by atoms with E-state index in [0.717, 1.165) is 34.0 Å². The van der Waals surface area contributed by atoms with E-state index in [4.69, 9.17) is 4.42 Å². The molecule has 2 aliphatic carbocycles. The van der Waals surface area contributed by atoms with Crippen LogP contribution in [0.15, 0.2) is 44.2 Å². The van der Waals surface area contributed by atoms with Crippen LogP contribution in [-0.2, 0) is 5.75 Å². The van der Waals surface area contributed by atoms with Crippen LogP contribution in [0.3, 0.4) is 0 Å². The largest absolute Gasteiger partial charge is 0.502 e. The predicted octanol–water partition coefficient (Wildman–Crippen LogP) is 4.95. The fourth-order valence-corrected chi connectivity index (χ4v) is 6.67. The van der Waals surface area contributed by atoms with Crippen molar-refractivity contribution >= 4 is 23.1 Å². The lowest BCUT2D eigenvalue weighted by atomic mass is 9.84. The summed E-state index contributed by atoms with van der Waals surface area (Å²) in [6.45, 7) is 2.30. The Kier molecular flexibility index (Phi) is 4.99. The highest BCUT2D eigenvalue weighted by Gasteiger charge is 2.43. The minimum atomic E-state index is -0.428. The number of aromatic hydroxyl groups is 1. The quantitative estimate of drug-likeness (QED) is 0.558. The zero-order valence-corrected chi connectivity index (χ0v) is 17.8. The first-order valence-corrected chi connectivity index (χ1v) is 11.9. The van der Waals surface area contributed by atoms with Crippen LogP contribution in [-0.4, -0.2) is 19.9 Å². The number of hydrogen-bond donors (Lipinski definition) is 1. The summed E-state index contributed by atoms with van der Waals surface area (Å²) in [5, 5.41) is 21.3. The molecule has 0 aliphatic heterocycles. The van der Waals surface area contributed by atoms with Crippen molar-refractivity contribution in [1.82, 2.24) is 14.8 Å². The van der Waals surface area contributed by atoms with Crippen molar-refractivity contribution in [3.63, 3.8) is 0 Å². The molecular formula is C21H23N3O3S2. The summed E-state index contributed by atoms with van der Waals surface area (Å²) in [4.78, 5) is 12.8. The highest BCUT2D eigenvalue weighted by Crippen LogP contribution is 2.53. The monoisotopic (exact) mass is 429 g/mol. The van der Waals surface area contributed by atoms with Crippen LogP contribution in [0.4, 0.5) is 0 Å². The zero-order chi connectivity index (χ0) is 20.0. The summed E-state index contributed by atoms with van der Waals surface area (Å²) >= 11 is 3.20. The Morgan fingerprint density at radius 3 is 2.97 bits per heavy atom. The molecule has 1 N–H and O–H groups in total. The number of fused-ring (bicyclic) bond motifs is 2. The van der Waals surface area contributed by atoms with Gasteiger partial charge in [0, 0.05) is 12.1 Å². The Labute approximate surface area is 177 Å². The first-order chi connectivity index (χ1) is 14.1. The fourth-order valence-electron chi connectivity index (χ4n) is 5.05. The second-order valence-corrected chi connectivity index (χ2v) is 10.0. The van der Waals surface area contributed by atoms with Gasteiger partial charge in [-0.3, -0.25) is 9.36 Å². The Bertz CT molecular complexity index is 1060. The topological polar surface area (TPSA) is 81.2 Å². The molecule has 4 atom stereocenters. The minimum absolute atomic E-state index is 0.326. The van der Waals surface area contributed by atoms with E-state index in [1.807, 2.05) is 6.07 Å². The van der Waals surface area contributed by atoms with Gasteiger partial charge in [0.1, 0.15) is 12.0 Å². The Morgan fingerprint density at radius 2 is 2.28 bits per heavy atom. The predicted molar refractivity (Wildman–Crippen MR) is 113 cm³/mol. The zero-order valence-electron chi connectivity index (χ0n) is 16.2. The Morgan fingerprint density at radius 1 is 1.38 bits per heavy atom. The van der Waals surface area contributed by atoms with E-state index >= 15 is 0 Å². The van der Waals surface area contributed by atoms with Crippen molar-refractivity contribution in [1.29, 1.82) is 0 Å². The number of nitrogens with zero attached hydrogens (tertiary/aromatic N) is 3. The van der Waals surface area contributed by atoms with Gasteiger partial charge >= 0.3 is 0 Å². The average molecular weight is 430 g/mol. The third-order valence-corrected chi connectivity index (χ3v) is 8.27. The van der Waals surface area contributed by atoms with Crippen LogP contribution in [0.5, 0.6) is 5.75 Å². The summed E-state index contributed by atoms with van der Waals surface area (Å²) in [6.07, 6.45) is 6.49. The van der Waals surface area contributed by atoms with Crippen LogP contribution < -0.4 is 5.43 Å². The molecule has 8 heteroatoms. The molecule has 2 fully saturated rings. The summed E-state index contributed by atoms with van der Waals surface area (Å²) in [7, 11) is 0. The van der Waals surface area contributed by atoms with E-state index in [1.165, 1.54) is 43.5 Å². The number of thioether (sulfide) groups is 1. The van der Waals surface area contributed by atoms with Gasteiger partial charge in [-0.15, -0.1) is 21.5 Å². The van der Waals surface area contributed by atoms with Gasteiger partial charge < -0.3 is 9.52 Å². The van der Waals surface area contributed by atoms with Crippen molar-refractivity contribution in [2.24, 2.45) is 17.8 Å². The van der Waals surface area contributed by atoms with Crippen molar-refractivity contribution < 1.29 is 9.52 Å². The van der Waals surface area contributed by atoms with Gasteiger partial charge in [-0.2, -0.15) is 0 Å². The van der Waals surface area contributed by atoms with E-state index in [-0.39, 0.29) is 5.75 Å².